The van der Waals surface area contributed by atoms with Crippen LogP contribution in [-0.2, 0) is 9.53 Å². The number of nitrogens with two attached hydrogens (primary N) is 2. The van der Waals surface area contributed by atoms with Crippen molar-refractivity contribution < 1.29 is 9.53 Å². The second-order valence-corrected chi connectivity index (χ2v) is 4.66. The average molecular weight is 230 g/mol. The van der Waals surface area contributed by atoms with Crippen LogP contribution in [0.2, 0.25) is 0 Å². The second-order valence-electron chi connectivity index (χ2n) is 4.66. The van der Waals surface area contributed by atoms with E-state index in [-0.39, 0.29) is 18.1 Å². The van der Waals surface area contributed by atoms with Gasteiger partial charge in [-0.15, -0.1) is 0 Å². The Morgan fingerprint density at radius 3 is 2.31 bits per heavy atom. The zero-order valence-corrected chi connectivity index (χ0v) is 10.7. The molecule has 16 heavy (non-hydrogen) atoms. The number of unbranched alkanes of at least 4 members (excludes halogenated alkanes) is 2. The highest BCUT2D eigenvalue weighted by Gasteiger charge is 2.15. The summed E-state index contributed by atoms with van der Waals surface area (Å²) in [6, 6.07) is 0.138. The lowest BCUT2D eigenvalue weighted by Gasteiger charge is -2.23. The lowest BCUT2D eigenvalue weighted by molar-refractivity contribution is -0.140. The molecule has 4 N–H and O–H groups in total. The van der Waals surface area contributed by atoms with E-state index in [0.29, 0.717) is 12.3 Å². The first-order chi connectivity index (χ1) is 7.49. The molecule has 0 amide bonds. The lowest BCUT2D eigenvalue weighted by atomic mass is 9.94. The molecular weight excluding hydrogens is 204 g/mol. The maximum atomic E-state index is 10.8. The van der Waals surface area contributed by atoms with Gasteiger partial charge in [0.15, 0.2) is 0 Å². The minimum absolute atomic E-state index is 0.0677. The van der Waals surface area contributed by atoms with Crippen LogP contribution in [0.3, 0.4) is 0 Å². The van der Waals surface area contributed by atoms with Crippen LogP contribution in [0.15, 0.2) is 0 Å². The molecule has 0 heterocycles. The highest BCUT2D eigenvalue weighted by atomic mass is 16.5. The maximum absolute atomic E-state index is 10.8. The molecule has 0 aliphatic carbocycles. The van der Waals surface area contributed by atoms with E-state index in [9.17, 15) is 4.79 Å². The summed E-state index contributed by atoms with van der Waals surface area (Å²) in [6.45, 7) is 4.17. The van der Waals surface area contributed by atoms with Gasteiger partial charge in [-0.05, 0) is 18.8 Å². The summed E-state index contributed by atoms with van der Waals surface area (Å²) in [5.41, 5.74) is 11.9. The Labute approximate surface area is 98.7 Å². The SMILES string of the molecule is COC(=O)CCCCCC(N)C(N)C(C)C. The number of ether oxygens (including phenoxy) is 1. The first-order valence-corrected chi connectivity index (χ1v) is 6.07. The number of esters is 1. The van der Waals surface area contributed by atoms with E-state index in [0.717, 1.165) is 25.7 Å². The standard InChI is InChI=1S/C12H26N2O2/c1-9(2)12(14)10(13)7-5-4-6-8-11(15)16-3/h9-10,12H,4-8,13-14H2,1-3H3. The highest BCUT2D eigenvalue weighted by molar-refractivity contribution is 5.68. The molecule has 0 radical (unpaired) electrons. The van der Waals surface area contributed by atoms with Crippen molar-refractivity contribution in [3.8, 4) is 0 Å². The summed E-state index contributed by atoms with van der Waals surface area (Å²) in [5, 5.41) is 0. The molecule has 0 saturated heterocycles. The number of hydrogen-bond acceptors (Lipinski definition) is 4. The van der Waals surface area contributed by atoms with Crippen molar-refractivity contribution in [1.29, 1.82) is 0 Å². The molecule has 2 unspecified atom stereocenters. The molecule has 0 rings (SSSR count). The zero-order valence-electron chi connectivity index (χ0n) is 10.7. The fourth-order valence-corrected chi connectivity index (χ4v) is 1.62. The predicted octanol–water partition coefficient (Wildman–Crippen LogP) is 1.42. The van der Waals surface area contributed by atoms with Crippen LogP contribution >= 0.6 is 0 Å². The van der Waals surface area contributed by atoms with Gasteiger partial charge < -0.3 is 16.2 Å². The topological polar surface area (TPSA) is 78.3 Å². The van der Waals surface area contributed by atoms with E-state index >= 15 is 0 Å². The third kappa shape index (κ3) is 6.80. The van der Waals surface area contributed by atoms with Gasteiger partial charge in [-0.2, -0.15) is 0 Å². The second kappa shape index (κ2) is 8.53. The van der Waals surface area contributed by atoms with Gasteiger partial charge in [-0.3, -0.25) is 4.79 Å². The molecule has 0 spiro atoms. The van der Waals surface area contributed by atoms with Crippen molar-refractivity contribution in [3.63, 3.8) is 0 Å². The van der Waals surface area contributed by atoms with Crippen LogP contribution in [0.5, 0.6) is 0 Å². The van der Waals surface area contributed by atoms with Gasteiger partial charge >= 0.3 is 5.97 Å². The summed E-state index contributed by atoms with van der Waals surface area (Å²) in [4.78, 5) is 10.8. The smallest absolute Gasteiger partial charge is 0.305 e. The minimum atomic E-state index is -0.136. The average Bonchev–Trinajstić information content (AvgIpc) is 2.26. The fourth-order valence-electron chi connectivity index (χ4n) is 1.62. The molecule has 0 aliphatic rings. The molecule has 0 bridgehead atoms. The third-order valence-corrected chi connectivity index (χ3v) is 2.91. The number of methoxy groups -OCH3 is 1. The van der Waals surface area contributed by atoms with Crippen molar-refractivity contribution in [3.05, 3.63) is 0 Å². The van der Waals surface area contributed by atoms with Gasteiger partial charge in [0.05, 0.1) is 7.11 Å². The predicted molar refractivity (Wildman–Crippen MR) is 65.9 cm³/mol. The monoisotopic (exact) mass is 230 g/mol. The minimum Gasteiger partial charge on any atom is -0.469 e. The molecule has 0 aliphatic heterocycles. The molecule has 4 heteroatoms. The highest BCUT2D eigenvalue weighted by Crippen LogP contribution is 2.10. The maximum Gasteiger partial charge on any atom is 0.305 e. The Kier molecular flexibility index (Phi) is 8.21. The summed E-state index contributed by atoms with van der Waals surface area (Å²) in [7, 11) is 1.42. The molecule has 2 atom stereocenters. The van der Waals surface area contributed by atoms with Crippen molar-refractivity contribution in [1.82, 2.24) is 0 Å². The Morgan fingerprint density at radius 1 is 1.19 bits per heavy atom. The molecule has 0 aromatic rings. The van der Waals surface area contributed by atoms with Crippen molar-refractivity contribution >= 4 is 5.97 Å². The molecule has 0 fully saturated rings. The molecular formula is C12H26N2O2. The molecule has 0 saturated carbocycles. The Bertz CT molecular complexity index is 195. The molecule has 4 nitrogen and oxygen atoms in total. The quantitative estimate of drug-likeness (QED) is 0.488. The van der Waals surface area contributed by atoms with E-state index in [2.05, 4.69) is 18.6 Å². The van der Waals surface area contributed by atoms with Gasteiger partial charge in [0.1, 0.15) is 0 Å². The van der Waals surface area contributed by atoms with E-state index < -0.39 is 0 Å². The first kappa shape index (κ1) is 15.4. The summed E-state index contributed by atoms with van der Waals surface area (Å²) in [6.07, 6.45) is 4.34. The van der Waals surface area contributed by atoms with Crippen molar-refractivity contribution in [2.45, 2.75) is 58.0 Å². The fraction of sp³-hybridized carbons (Fsp3) is 0.917. The summed E-state index contributed by atoms with van der Waals surface area (Å²) in [5.74, 6) is 0.285. The Hall–Kier alpha value is -0.610. The molecule has 0 aromatic carbocycles. The van der Waals surface area contributed by atoms with Gasteiger partial charge in [0.25, 0.3) is 0 Å². The van der Waals surface area contributed by atoms with E-state index in [1.165, 1.54) is 7.11 Å². The van der Waals surface area contributed by atoms with E-state index in [4.69, 9.17) is 11.5 Å². The van der Waals surface area contributed by atoms with Crippen LogP contribution in [-0.4, -0.2) is 25.2 Å². The van der Waals surface area contributed by atoms with Gasteiger partial charge in [-0.25, -0.2) is 0 Å². The third-order valence-electron chi connectivity index (χ3n) is 2.91. The van der Waals surface area contributed by atoms with Crippen LogP contribution in [0.25, 0.3) is 0 Å². The Morgan fingerprint density at radius 2 is 1.81 bits per heavy atom. The van der Waals surface area contributed by atoms with Crippen LogP contribution < -0.4 is 11.5 Å². The normalized spacial score (nSPS) is 14.9. The summed E-state index contributed by atoms with van der Waals surface area (Å²) >= 11 is 0. The molecule has 0 aromatic heterocycles. The first-order valence-electron chi connectivity index (χ1n) is 6.07. The molecule has 96 valence electrons. The van der Waals surface area contributed by atoms with Gasteiger partial charge in [0.2, 0.25) is 0 Å². The number of hydrogen-bond donors (Lipinski definition) is 2. The van der Waals surface area contributed by atoms with E-state index in [1.807, 2.05) is 0 Å². The van der Waals surface area contributed by atoms with Crippen molar-refractivity contribution in [2.24, 2.45) is 17.4 Å². The van der Waals surface area contributed by atoms with Crippen LogP contribution in [0.1, 0.15) is 46.0 Å². The lowest BCUT2D eigenvalue weighted by Crippen LogP contribution is -2.44. The number of rotatable bonds is 8. The Balaban J connectivity index is 3.48. The largest absolute Gasteiger partial charge is 0.469 e. The zero-order chi connectivity index (χ0) is 12.6. The number of carbonyl (C=O) groups is 1. The summed E-state index contributed by atoms with van der Waals surface area (Å²) < 4.78 is 4.56. The van der Waals surface area contributed by atoms with E-state index in [1.54, 1.807) is 0 Å². The van der Waals surface area contributed by atoms with Gasteiger partial charge in [-0.1, -0.05) is 26.7 Å². The van der Waals surface area contributed by atoms with Crippen LogP contribution in [0, 0.1) is 5.92 Å². The van der Waals surface area contributed by atoms with Crippen LogP contribution in [0.4, 0.5) is 0 Å². The van der Waals surface area contributed by atoms with Gasteiger partial charge in [0, 0.05) is 18.5 Å². The number of carbonyl (C=O) groups excluding carboxylic acids is 1. The van der Waals surface area contributed by atoms with Crippen molar-refractivity contribution in [2.75, 3.05) is 7.11 Å².